The number of hydrogen-bond donors (Lipinski definition) is 1. The molecular weight excluding hydrogens is 414 g/mol. The Balaban J connectivity index is 1.57. The molecule has 2 fully saturated rings. The van der Waals surface area contributed by atoms with Crippen LogP contribution in [-0.2, 0) is 9.59 Å². The molecule has 2 aliphatic heterocycles. The molecule has 2 amide bonds. The predicted octanol–water partition coefficient (Wildman–Crippen LogP) is 3.32. The van der Waals surface area contributed by atoms with Crippen molar-refractivity contribution in [3.8, 4) is 11.1 Å². The van der Waals surface area contributed by atoms with Crippen LogP contribution in [0.25, 0.3) is 11.1 Å². The molecule has 0 saturated carbocycles. The Bertz CT molecular complexity index is 1120. The highest BCUT2D eigenvalue weighted by Gasteiger charge is 2.54. The molecule has 0 unspecified atom stereocenters. The zero-order valence-corrected chi connectivity index (χ0v) is 19.0. The fraction of sp³-hybridized carbons (Fsp3) is 0.296. The lowest BCUT2D eigenvalue weighted by Crippen LogP contribution is -2.73. The van der Waals surface area contributed by atoms with Crippen LogP contribution in [0.4, 0.5) is 0 Å². The van der Waals surface area contributed by atoms with Crippen LogP contribution in [0.3, 0.4) is 0 Å². The molecule has 2 saturated heterocycles. The summed E-state index contributed by atoms with van der Waals surface area (Å²) in [6.45, 7) is 7.61. The van der Waals surface area contributed by atoms with E-state index in [1.807, 2.05) is 12.1 Å². The predicted molar refractivity (Wildman–Crippen MR) is 130 cm³/mol. The monoisotopic (exact) mass is 443 g/mol. The molecule has 0 spiro atoms. The highest BCUT2D eigenvalue weighted by atomic mass is 16.3. The van der Waals surface area contributed by atoms with E-state index in [1.54, 1.807) is 28.9 Å². The zero-order chi connectivity index (χ0) is 23.5. The lowest BCUT2D eigenvalue weighted by Gasteiger charge is -2.58. The molecule has 2 aliphatic rings. The van der Waals surface area contributed by atoms with Crippen LogP contribution in [0, 0.1) is 6.92 Å². The van der Waals surface area contributed by atoms with E-state index >= 15 is 0 Å². The van der Waals surface area contributed by atoms with Gasteiger partial charge in [-0.2, -0.15) is 0 Å². The number of aryl methyl sites for hydroxylation is 1. The largest absolute Gasteiger partial charge is 0.394 e. The number of fused-ring (bicyclic) bond motifs is 1. The van der Waals surface area contributed by atoms with Crippen LogP contribution in [0.5, 0.6) is 0 Å². The third-order valence-electron chi connectivity index (χ3n) is 6.71. The van der Waals surface area contributed by atoms with E-state index in [4.69, 9.17) is 0 Å². The van der Waals surface area contributed by atoms with Gasteiger partial charge in [-0.05, 0) is 48.9 Å². The van der Waals surface area contributed by atoms with Crippen molar-refractivity contribution in [2.24, 2.45) is 4.99 Å². The van der Waals surface area contributed by atoms with E-state index in [-0.39, 0.29) is 43.0 Å². The van der Waals surface area contributed by atoms with Gasteiger partial charge in [-0.15, -0.1) is 0 Å². The number of aliphatic hydroxyl groups excluding tert-OH is 1. The Morgan fingerprint density at radius 1 is 1.21 bits per heavy atom. The Morgan fingerprint density at radius 3 is 2.58 bits per heavy atom. The van der Waals surface area contributed by atoms with Crippen molar-refractivity contribution in [3.05, 3.63) is 83.6 Å². The summed E-state index contributed by atoms with van der Waals surface area (Å²) >= 11 is 0. The van der Waals surface area contributed by atoms with Gasteiger partial charge in [-0.1, -0.05) is 54.6 Å². The van der Waals surface area contributed by atoms with Crippen LogP contribution in [0.1, 0.15) is 24.0 Å². The summed E-state index contributed by atoms with van der Waals surface area (Å²) in [5, 5.41) is 10.0. The van der Waals surface area contributed by atoms with Gasteiger partial charge >= 0.3 is 0 Å². The minimum absolute atomic E-state index is 0.0114. The Kier molecular flexibility index (Phi) is 6.56. The molecule has 4 rings (SSSR count). The molecule has 0 radical (unpaired) electrons. The van der Waals surface area contributed by atoms with Gasteiger partial charge < -0.3 is 14.9 Å². The maximum atomic E-state index is 13.0. The van der Waals surface area contributed by atoms with Crippen LogP contribution in [-0.4, -0.2) is 65.2 Å². The highest BCUT2D eigenvalue weighted by Crippen LogP contribution is 2.43. The molecule has 2 aromatic carbocycles. The van der Waals surface area contributed by atoms with Crippen molar-refractivity contribution in [2.45, 2.75) is 31.8 Å². The van der Waals surface area contributed by atoms with E-state index in [1.165, 1.54) is 17.3 Å². The molecule has 0 aliphatic carbocycles. The lowest BCUT2D eigenvalue weighted by molar-refractivity contribution is -0.165. The van der Waals surface area contributed by atoms with Crippen molar-refractivity contribution in [1.29, 1.82) is 0 Å². The number of benzene rings is 2. The van der Waals surface area contributed by atoms with Crippen LogP contribution in [0.2, 0.25) is 0 Å². The summed E-state index contributed by atoms with van der Waals surface area (Å²) < 4.78 is 0. The van der Waals surface area contributed by atoms with Gasteiger partial charge in [0.15, 0.2) is 0 Å². The first-order chi connectivity index (χ1) is 16.0. The van der Waals surface area contributed by atoms with Gasteiger partial charge in [0.2, 0.25) is 5.91 Å². The van der Waals surface area contributed by atoms with Gasteiger partial charge in [0.1, 0.15) is 6.54 Å². The highest BCUT2D eigenvalue weighted by molar-refractivity contribution is 5.99. The molecule has 2 heterocycles. The van der Waals surface area contributed by atoms with E-state index in [9.17, 15) is 14.7 Å². The minimum Gasteiger partial charge on any atom is -0.394 e. The molecule has 170 valence electrons. The number of carbonyl (C=O) groups excluding carboxylic acids is 2. The molecule has 3 atom stereocenters. The average Bonchev–Trinajstić information content (AvgIpc) is 2.81. The number of aliphatic hydroxyl groups is 1. The topological polar surface area (TPSA) is 73.2 Å². The first-order valence-electron chi connectivity index (χ1n) is 11.2. The third kappa shape index (κ3) is 4.14. The summed E-state index contributed by atoms with van der Waals surface area (Å²) in [6.07, 6.45) is 4.78. The number of nitrogens with zero attached hydrogens (tertiary/aromatic N) is 3. The van der Waals surface area contributed by atoms with Crippen molar-refractivity contribution in [1.82, 2.24) is 9.80 Å². The van der Waals surface area contributed by atoms with Crippen LogP contribution < -0.4 is 0 Å². The van der Waals surface area contributed by atoms with E-state index in [0.717, 1.165) is 11.1 Å². The molecule has 6 heteroatoms. The summed E-state index contributed by atoms with van der Waals surface area (Å²) in [4.78, 5) is 32.9. The van der Waals surface area contributed by atoms with E-state index in [0.29, 0.717) is 12.1 Å². The van der Waals surface area contributed by atoms with E-state index < -0.39 is 0 Å². The Morgan fingerprint density at radius 2 is 1.94 bits per heavy atom. The number of carbonyl (C=O) groups is 2. The fourth-order valence-corrected chi connectivity index (χ4v) is 5.04. The third-order valence-corrected chi connectivity index (χ3v) is 6.71. The fourth-order valence-electron chi connectivity index (χ4n) is 5.04. The average molecular weight is 444 g/mol. The van der Waals surface area contributed by atoms with Gasteiger partial charge in [0.25, 0.3) is 5.91 Å². The lowest BCUT2D eigenvalue weighted by atomic mass is 9.73. The quantitative estimate of drug-likeness (QED) is 0.423. The Labute approximate surface area is 194 Å². The Hall–Kier alpha value is -3.51. The van der Waals surface area contributed by atoms with Crippen molar-refractivity contribution in [3.63, 3.8) is 0 Å². The second-order valence-corrected chi connectivity index (χ2v) is 8.51. The number of aliphatic imine (C=N–C) groups is 1. The molecular formula is C27H29N3O3. The first kappa shape index (κ1) is 22.7. The van der Waals surface area contributed by atoms with Gasteiger partial charge in [0.05, 0.1) is 18.7 Å². The number of piperazine rings is 1. The summed E-state index contributed by atoms with van der Waals surface area (Å²) in [7, 11) is 0. The van der Waals surface area contributed by atoms with Crippen molar-refractivity contribution in [2.75, 3.05) is 19.7 Å². The molecule has 2 aromatic rings. The SMILES string of the molecule is C=N/C=C\C(=C/C)C(=O)N1CC(=O)N2[C@H](C1)[C@@H](c1ccc(-c3ccccc3C)cc1)[C@@H]2CO. The minimum atomic E-state index is -0.268. The van der Waals surface area contributed by atoms with Crippen LogP contribution >= 0.6 is 0 Å². The number of hydrogen-bond acceptors (Lipinski definition) is 4. The number of amides is 2. The smallest absolute Gasteiger partial charge is 0.254 e. The maximum Gasteiger partial charge on any atom is 0.254 e. The summed E-state index contributed by atoms with van der Waals surface area (Å²) in [5.41, 5.74) is 5.06. The number of allylic oxidation sites excluding steroid dienone is 1. The molecule has 1 N–H and O–H groups in total. The summed E-state index contributed by atoms with van der Waals surface area (Å²) in [5.74, 6) is -0.362. The standard InChI is InChI=1S/C27H29N3O3/c1-4-19(13-14-28-3)27(33)29-15-23-26(24(17-31)30(23)25(32)16-29)21-11-9-20(10-12-21)22-8-6-5-7-18(22)2/h4-14,23-24,26,31H,3,15-17H2,1-2H3/b14-13-,19-4+/t23-,24+,26-/m1/s1. The molecule has 33 heavy (non-hydrogen) atoms. The summed E-state index contributed by atoms with van der Waals surface area (Å²) in [6, 6.07) is 16.2. The maximum absolute atomic E-state index is 13.0. The number of rotatable bonds is 6. The molecule has 0 bridgehead atoms. The van der Waals surface area contributed by atoms with Gasteiger partial charge in [-0.25, -0.2) is 0 Å². The van der Waals surface area contributed by atoms with Gasteiger partial charge in [0, 0.05) is 24.2 Å². The second-order valence-electron chi connectivity index (χ2n) is 8.51. The van der Waals surface area contributed by atoms with Crippen molar-refractivity contribution < 1.29 is 14.7 Å². The first-order valence-corrected chi connectivity index (χ1v) is 11.2. The normalized spacial score (nSPS) is 22.8. The van der Waals surface area contributed by atoms with Crippen LogP contribution in [0.15, 0.2) is 77.4 Å². The van der Waals surface area contributed by atoms with Crippen molar-refractivity contribution >= 4 is 18.5 Å². The molecule has 6 nitrogen and oxygen atoms in total. The molecule has 0 aromatic heterocycles. The zero-order valence-electron chi connectivity index (χ0n) is 19.0. The van der Waals surface area contributed by atoms with Gasteiger partial charge in [-0.3, -0.25) is 14.6 Å². The second kappa shape index (κ2) is 9.55. The van der Waals surface area contributed by atoms with E-state index in [2.05, 4.69) is 55.0 Å².